The first-order chi connectivity index (χ1) is 57.5. The van der Waals surface area contributed by atoms with Crippen LogP contribution >= 0.6 is 23.5 Å². The summed E-state index contributed by atoms with van der Waals surface area (Å²) >= 11 is 2.66. The minimum atomic E-state index is -2.01. The van der Waals surface area contributed by atoms with Crippen molar-refractivity contribution >= 4 is 135 Å². The van der Waals surface area contributed by atoms with Crippen LogP contribution in [-0.2, 0) is 57.5 Å². The molecule has 1 aromatic heterocycles. The van der Waals surface area contributed by atoms with Crippen LogP contribution in [0, 0.1) is 17.2 Å². The summed E-state index contributed by atoms with van der Waals surface area (Å²) in [6.07, 6.45) is -1.96. The summed E-state index contributed by atoms with van der Waals surface area (Å²) in [4.78, 5) is 220. The van der Waals surface area contributed by atoms with E-state index in [1.165, 1.54) is 43.3 Å². The first-order valence-corrected chi connectivity index (χ1v) is 42.0. The molecule has 4 unspecified atom stereocenters. The number of aromatic carboxylic acids is 1. The van der Waals surface area contributed by atoms with Gasteiger partial charge in [0.25, 0.3) is 11.8 Å². The summed E-state index contributed by atoms with van der Waals surface area (Å²) in [5, 5.41) is 86.9. The summed E-state index contributed by atoms with van der Waals surface area (Å²) < 4.78 is 5.96. The monoisotopic (exact) mass is 1720 g/mol. The van der Waals surface area contributed by atoms with Gasteiger partial charge in [-0.05, 0) is 144 Å². The average Bonchev–Trinajstić information content (AvgIpc) is 1.30. The number of imide groups is 1. The van der Waals surface area contributed by atoms with Crippen LogP contribution in [0.25, 0.3) is 33.4 Å². The van der Waals surface area contributed by atoms with Crippen molar-refractivity contribution in [2.24, 2.45) is 29.0 Å². The Bertz CT molecular complexity index is 4650. The molecule has 5 heterocycles. The molecule has 12 atom stereocenters. The zero-order valence-corrected chi connectivity index (χ0v) is 69.3. The van der Waals surface area contributed by atoms with E-state index in [0.29, 0.717) is 46.3 Å². The molecule has 3 aromatic rings. The standard InChI is InChI=1S/C79H106N19O21S2/c1-39(2)31-43(37-100)87-61(103)36-85-70(111)54(32-40(3)4)91-72(113)56-14-10-28-97(56)74(115)57(24-26-64(107)108)98(62(104)16-7-6-15-60-66-55(38-121-60)92-78(118)93-66)73(114)53(13-9-27-84-76(82)83)90-71(112)52(23-25-63(105)106)89-68(109)41(5)86-69(110)51(81)12-8-11-50(80)67-94-77(96-79(95-67)120-30-29-99)88-42-17-20-46(49(33-42)75(116)117)65-47-21-18-44(101)34-58(47)119-59-35-45(102)19-22-48(59)65/h17-22,33-35,37,39-41,43,50-57,60,66,99,101H,6-16,23-32,36,38,80-81H2,1-5H3,(H,85,111)(H,86,110)(H,89,109)(H,90,112)(H,91,113)(H,105,106)(H,107,108)(H,116,117)(H4,82,83,84)(H2,92,93,118)(H,88,94,95,96)/t41-,43-,50?,51-,52-,53-,54-,55?,56-,57-,60?,66?/m0/s1. The molecule has 4 aliphatic heterocycles. The van der Waals surface area contributed by atoms with Gasteiger partial charge in [0.1, 0.15) is 65.7 Å². The summed E-state index contributed by atoms with van der Waals surface area (Å²) in [7, 11) is 0. The highest BCUT2D eigenvalue weighted by Crippen LogP contribution is 2.43. The Hall–Kier alpha value is -11.6. The normalized spacial score (nSPS) is 17.4. The summed E-state index contributed by atoms with van der Waals surface area (Å²) in [5.41, 5.74) is 19.5. The van der Waals surface area contributed by atoms with E-state index >= 15 is 14.4 Å². The van der Waals surface area contributed by atoms with Crippen LogP contribution < -0.4 is 75.8 Å². The van der Waals surface area contributed by atoms with Gasteiger partial charge in [-0.15, -0.1) is 0 Å². The number of carbonyl (C=O) groups is 14. The van der Waals surface area contributed by atoms with Crippen molar-refractivity contribution in [3.63, 3.8) is 0 Å². The third kappa shape index (κ3) is 27.4. The number of phenols is 1. The van der Waals surface area contributed by atoms with Gasteiger partial charge in [0, 0.05) is 83.4 Å². The number of likely N-dealkylation sites (tertiary alicyclic amines) is 1. The van der Waals surface area contributed by atoms with Crippen LogP contribution in [-0.4, -0.2) is 243 Å². The van der Waals surface area contributed by atoms with Crippen molar-refractivity contribution < 1.29 is 97.1 Å². The lowest BCUT2D eigenvalue weighted by atomic mass is 9.90. The van der Waals surface area contributed by atoms with E-state index in [-0.39, 0.29) is 175 Å². The summed E-state index contributed by atoms with van der Waals surface area (Å²) in [6, 6.07) is -0.943. The number of aromatic hydroxyl groups is 1. The fourth-order valence-corrected chi connectivity index (χ4v) is 16.5. The lowest BCUT2D eigenvalue weighted by molar-refractivity contribution is -0.159. The lowest BCUT2D eigenvalue weighted by Gasteiger charge is -2.36. The number of carboxylic acids is 3. The number of carboxylic acid groups (broad SMARTS) is 3. The number of hydrogen-bond donors (Lipinski definition) is 18. The number of rotatable bonds is 47. The maximum atomic E-state index is 15.7. The van der Waals surface area contributed by atoms with Gasteiger partial charge in [-0.25, -0.2) is 19.9 Å². The van der Waals surface area contributed by atoms with Crippen LogP contribution in [0.4, 0.5) is 16.4 Å². The number of fused-ring (bicyclic) bond motifs is 3. The topological polar surface area (TPSA) is 640 Å². The molecule has 11 amide bonds. The molecule has 0 bridgehead atoms. The molecule has 1 aliphatic carbocycles. The van der Waals surface area contributed by atoms with E-state index in [4.69, 9.17) is 27.0 Å². The van der Waals surface area contributed by atoms with Crippen LogP contribution in [0.3, 0.4) is 0 Å². The average molecular weight is 1720 g/mol. The molecular weight excluding hydrogens is 1620 g/mol. The number of nitrogens with zero attached hydrogens (tertiary/aromatic N) is 6. The molecule has 121 heavy (non-hydrogen) atoms. The minimum absolute atomic E-state index is 0.0172. The van der Waals surface area contributed by atoms with Gasteiger partial charge in [0.05, 0.1) is 42.9 Å². The highest BCUT2D eigenvalue weighted by atomic mass is 32.2. The van der Waals surface area contributed by atoms with Crippen LogP contribution in [0.15, 0.2) is 69.0 Å². The Morgan fingerprint density at radius 2 is 1.48 bits per heavy atom. The zero-order valence-electron chi connectivity index (χ0n) is 67.6. The second-order valence-corrected chi connectivity index (χ2v) is 33.0. The zero-order chi connectivity index (χ0) is 88.5. The molecule has 42 heteroatoms. The van der Waals surface area contributed by atoms with Gasteiger partial charge in [0.2, 0.25) is 47.3 Å². The molecular formula is C79H106N19O21S2. The van der Waals surface area contributed by atoms with Crippen LogP contribution in [0.5, 0.6) is 5.75 Å². The number of nitrogens with two attached hydrogens (primary N) is 3. The number of aldehydes is 1. The lowest BCUT2D eigenvalue weighted by Crippen LogP contribution is -2.62. The second kappa shape index (κ2) is 45.1. The van der Waals surface area contributed by atoms with Crippen LogP contribution in [0.2, 0.25) is 0 Å². The predicted octanol–water partition coefficient (Wildman–Crippen LogP) is 1.78. The molecule has 3 saturated heterocycles. The number of aliphatic carboxylic acids is 2. The van der Waals surface area contributed by atoms with Gasteiger partial charge in [0.15, 0.2) is 22.4 Å². The number of urea groups is 1. The SMILES string of the molecule is CC(C)C[C@@H](C=O)[N]C(=O)CNC(=O)[C@H](CC(C)C)NC(=O)[C@@H]1CCCN1C(=O)[C@H](CCC(=O)O)N(C(=O)CCCCC1SCC2NC(=O)NC21)C(=O)[C@H](CCCNC(=N)N)NC(=O)[C@H](CCC(=O)O)NC(=O)[C@H](C)NC(=O)[C@@H](N)CCCC(N)c1nc(Nc2ccc(-c3c4ccc(=O)cc-4oc4cc(O)ccc34)c(C(=O)O)c2)nc(SCCO)n1. The van der Waals surface area contributed by atoms with E-state index in [1.807, 2.05) is 13.8 Å². The van der Waals surface area contributed by atoms with Gasteiger partial charge in [-0.1, -0.05) is 51.9 Å². The molecule has 0 saturated carbocycles. The molecule has 3 fully saturated rings. The van der Waals surface area contributed by atoms with Crippen molar-refractivity contribution in [2.75, 3.05) is 43.1 Å². The number of thioether (sulfide) groups is 2. The Kier molecular flexibility index (Phi) is 35.4. The minimum Gasteiger partial charge on any atom is -0.508 e. The molecule has 0 spiro atoms. The molecule has 655 valence electrons. The van der Waals surface area contributed by atoms with E-state index in [9.17, 15) is 83.1 Å². The number of aliphatic hydroxyl groups is 1. The summed E-state index contributed by atoms with van der Waals surface area (Å²) in [5.74, 6) is -13.1. The summed E-state index contributed by atoms with van der Waals surface area (Å²) in [6.45, 7) is 7.24. The smallest absolute Gasteiger partial charge is 0.336 e. The number of unbranched alkanes of at least 4 members (excludes halogenated alkanes) is 1. The first-order valence-electron chi connectivity index (χ1n) is 39.9. The molecule has 1 radical (unpaired) electrons. The Balaban J connectivity index is 0.976. The molecule has 2 aromatic carbocycles. The number of hydrogen-bond acceptors (Lipinski definition) is 27. The fraction of sp³-hybridized carbons (Fsp3) is 0.532. The highest BCUT2D eigenvalue weighted by molar-refractivity contribution is 8.00. The van der Waals surface area contributed by atoms with Crippen LogP contribution in [0.1, 0.15) is 166 Å². The number of aromatic nitrogens is 3. The second-order valence-electron chi connectivity index (χ2n) is 30.7. The quantitative estimate of drug-likeness (QED) is 0.00502. The fourth-order valence-electron chi connectivity index (χ4n) is 14.4. The van der Waals surface area contributed by atoms with E-state index in [2.05, 4.69) is 68.1 Å². The number of aliphatic hydroxyl groups excluding tert-OH is 1. The predicted molar refractivity (Wildman–Crippen MR) is 442 cm³/mol. The van der Waals surface area contributed by atoms with Crippen molar-refractivity contribution in [2.45, 2.75) is 221 Å². The van der Waals surface area contributed by atoms with E-state index < -0.39 is 176 Å². The van der Waals surface area contributed by atoms with E-state index in [0.717, 1.165) is 16.7 Å². The van der Waals surface area contributed by atoms with E-state index in [1.54, 1.807) is 43.8 Å². The number of nitrogens with one attached hydrogen (secondary N) is 10. The van der Waals surface area contributed by atoms with Gasteiger partial charge >= 0.3 is 23.9 Å². The maximum Gasteiger partial charge on any atom is 0.336 e. The number of guanidine groups is 1. The molecule has 21 N–H and O–H groups in total. The third-order valence-electron chi connectivity index (χ3n) is 20.3. The Labute approximate surface area is 704 Å². The van der Waals surface area contributed by atoms with Crippen molar-refractivity contribution in [1.29, 1.82) is 5.41 Å². The number of amides is 11. The Morgan fingerprint density at radius 3 is 2.17 bits per heavy atom. The van der Waals surface area contributed by atoms with Gasteiger partial charge < -0.3 is 105 Å². The van der Waals surface area contributed by atoms with Gasteiger partial charge in [-0.3, -0.25) is 67.8 Å². The number of phenolic OH excluding ortho intramolecular Hbond substituents is 1. The number of anilines is 2. The largest absolute Gasteiger partial charge is 0.508 e. The Morgan fingerprint density at radius 1 is 0.760 bits per heavy atom. The van der Waals surface area contributed by atoms with Crippen molar-refractivity contribution in [3.8, 4) is 28.2 Å². The maximum absolute atomic E-state index is 15.7. The number of carbonyl (C=O) groups excluding carboxylic acids is 11. The molecule has 40 nitrogen and oxygen atoms in total. The van der Waals surface area contributed by atoms with Crippen molar-refractivity contribution in [3.05, 3.63) is 76.2 Å². The number of benzene rings is 3. The highest BCUT2D eigenvalue weighted by Gasteiger charge is 2.47. The first kappa shape index (κ1) is 94.8. The third-order valence-corrected chi connectivity index (χ3v) is 22.6. The van der Waals surface area contributed by atoms with Gasteiger partial charge in [-0.2, -0.15) is 21.7 Å². The molecule has 8 rings (SSSR count). The van der Waals surface area contributed by atoms with Crippen molar-refractivity contribution in [1.82, 2.24) is 72.6 Å². The molecule has 5 aliphatic rings.